The first-order valence-electron chi connectivity index (χ1n) is 18.7. The van der Waals surface area contributed by atoms with Crippen LogP contribution < -0.4 is 47.5 Å². The van der Waals surface area contributed by atoms with E-state index in [1.165, 1.54) is 14.2 Å². The summed E-state index contributed by atoms with van der Waals surface area (Å²) < 4.78 is 78.7. The molecule has 0 aliphatic carbocycles. The first kappa shape index (κ1) is 56.9. The van der Waals surface area contributed by atoms with Crippen LogP contribution >= 0.6 is 0 Å². The van der Waals surface area contributed by atoms with Gasteiger partial charge in [-0.25, -0.2) is 57.2 Å². The van der Waals surface area contributed by atoms with E-state index in [0.29, 0.717) is 45.6 Å². The Morgan fingerprint density at radius 2 is 0.515 bits per heavy atom. The predicted octanol–water partition coefficient (Wildman–Crippen LogP) is -3.90. The van der Waals surface area contributed by atoms with Crippen molar-refractivity contribution in [3.8, 4) is 45.6 Å². The second-order valence-corrected chi connectivity index (χ2v) is 14.4. The van der Waals surface area contributed by atoms with Gasteiger partial charge in [-0.15, -0.1) is 20.5 Å². The summed E-state index contributed by atoms with van der Waals surface area (Å²) in [5, 5.41) is 27.3. The molecule has 24 heteroatoms. The minimum absolute atomic E-state index is 0. The van der Waals surface area contributed by atoms with Gasteiger partial charge in [-0.2, -0.15) is 0 Å². The van der Waals surface area contributed by atoms with Crippen molar-refractivity contribution in [3.05, 3.63) is 193 Å². The van der Waals surface area contributed by atoms with Crippen molar-refractivity contribution < 1.29 is 116 Å². The van der Waals surface area contributed by atoms with Crippen molar-refractivity contribution in [2.75, 3.05) is 14.2 Å². The van der Waals surface area contributed by atoms with Gasteiger partial charge in [0.2, 0.25) is 0 Å². The first-order valence-corrected chi connectivity index (χ1v) is 21.2. The molecule has 0 atom stereocenters. The Morgan fingerprint density at radius 3 is 0.676 bits per heavy atom. The average Bonchev–Trinajstić information content (AvgIpc) is 3.34. The Bertz CT molecular complexity index is 2380. The van der Waals surface area contributed by atoms with E-state index in [9.17, 15) is 10.2 Å². The molecule has 20 nitrogen and oxygen atoms in total. The number of halogens is 2. The molecule has 0 N–H and O–H groups in total. The van der Waals surface area contributed by atoms with E-state index < -0.39 is 32.1 Å². The molecule has 0 saturated heterocycles. The molecule has 0 aliphatic heterocycles. The molecule has 68 heavy (non-hydrogen) atoms. The van der Waals surface area contributed by atoms with Gasteiger partial charge in [0.15, 0.2) is 0 Å². The zero-order valence-corrected chi connectivity index (χ0v) is 43.3. The van der Waals surface area contributed by atoms with Gasteiger partial charge in [-0.1, -0.05) is 48.5 Å². The van der Waals surface area contributed by atoms with Gasteiger partial charge in [0.1, 0.15) is 0 Å². The van der Waals surface area contributed by atoms with Crippen LogP contribution in [0.15, 0.2) is 170 Å². The summed E-state index contributed by atoms with van der Waals surface area (Å²) >= 11 is 0. The fourth-order valence-electron chi connectivity index (χ4n) is 5.78. The molecular formula is C44H34Cl2N8O12Zn2. The maximum atomic E-state index is 13.7. The summed E-state index contributed by atoms with van der Waals surface area (Å²) in [5.41, 5.74) is 5.94. The molecule has 0 radical (unpaired) electrons. The largest absolute Gasteiger partial charge is 2.00 e. The molecule has 0 aromatic carbocycles. The number of rotatable bonds is 10. The second kappa shape index (κ2) is 26.3. The fraction of sp³-hybridized carbons (Fsp3) is 0.0909. The maximum absolute atomic E-state index is 13.7. The molecule has 8 aromatic rings. The number of nitrogens with zero attached hydrogens (tertiary/aromatic N) is 8. The zero-order valence-electron chi connectivity index (χ0n) is 35.8. The normalized spacial score (nSPS) is 11.1. The molecule has 340 valence electrons. The summed E-state index contributed by atoms with van der Waals surface area (Å²) in [6.07, 6.45) is 6.73. The Labute approximate surface area is 418 Å². The Hall–Kier alpha value is -5.45. The summed E-state index contributed by atoms with van der Waals surface area (Å²) in [6.45, 7) is 0. The Kier molecular flexibility index (Phi) is 22.0. The van der Waals surface area contributed by atoms with Crippen molar-refractivity contribution in [3.63, 3.8) is 0 Å². The third-order valence-electron chi connectivity index (χ3n) is 8.63. The number of pyridine rings is 8. The van der Waals surface area contributed by atoms with E-state index in [-0.39, 0.29) is 61.7 Å². The number of ether oxygens (including phenoxy) is 2. The van der Waals surface area contributed by atoms with Crippen molar-refractivity contribution in [1.82, 2.24) is 39.9 Å². The Balaban J connectivity index is 0.000000293. The van der Waals surface area contributed by atoms with E-state index in [4.69, 9.17) is 46.7 Å². The molecule has 0 fully saturated rings. The molecule has 0 saturated carbocycles. The van der Waals surface area contributed by atoms with Crippen LogP contribution in [0.1, 0.15) is 22.8 Å². The smallest absolute Gasteiger partial charge is 0.819 e. The molecule has 0 amide bonds. The van der Waals surface area contributed by atoms with Crippen LogP contribution in [0, 0.1) is 20.5 Å². The molecular weight excluding hydrogens is 1030 g/mol. The molecule has 0 unspecified atom stereocenters. The van der Waals surface area contributed by atoms with E-state index in [1.807, 2.05) is 72.8 Å². The van der Waals surface area contributed by atoms with Gasteiger partial charge >= 0.3 is 39.0 Å². The molecule has 0 bridgehead atoms. The minimum Gasteiger partial charge on any atom is -0.819 e. The van der Waals surface area contributed by atoms with E-state index in [0.717, 1.165) is 0 Å². The Morgan fingerprint density at radius 1 is 0.324 bits per heavy atom. The van der Waals surface area contributed by atoms with E-state index in [1.54, 1.807) is 97.6 Å². The summed E-state index contributed by atoms with van der Waals surface area (Å²) in [7, 11) is -7.17. The van der Waals surface area contributed by atoms with Crippen LogP contribution in [0.4, 0.5) is 0 Å². The van der Waals surface area contributed by atoms with Gasteiger partial charge in [-0.3, -0.25) is 19.9 Å². The molecule has 0 spiro atoms. The minimum atomic E-state index is -4.94. The van der Waals surface area contributed by atoms with Crippen molar-refractivity contribution in [2.45, 2.75) is 11.6 Å². The zero-order chi connectivity index (χ0) is 47.8. The molecule has 0 aliphatic rings. The number of hydrogen-bond acceptors (Lipinski definition) is 20. The van der Waals surface area contributed by atoms with Crippen LogP contribution in [-0.4, -0.2) is 54.1 Å². The topological polar surface area (TPSA) is 352 Å². The van der Waals surface area contributed by atoms with Crippen LogP contribution in [0.5, 0.6) is 0 Å². The standard InChI is InChI=1S/2C22H17N4O2.2ClHO4.2Zn/c2*1-28-22(27,20-12-6-10-18(25-20)16-8-2-4-14-23-16)21-13-7-11-19(26-21)17-9-3-5-15-24-17;2*2-1(3,4)5;;/h2*2-15H,1H3;2*(H,2,3,4,5);;/q2*-1;;;2*+2/p-2. The van der Waals surface area contributed by atoms with E-state index in [2.05, 4.69) is 39.9 Å². The predicted molar refractivity (Wildman–Crippen MR) is 205 cm³/mol. The third-order valence-corrected chi connectivity index (χ3v) is 8.63. The fourth-order valence-corrected chi connectivity index (χ4v) is 5.78. The van der Waals surface area contributed by atoms with Gasteiger partial charge in [0.05, 0.1) is 79.9 Å². The van der Waals surface area contributed by atoms with Crippen LogP contribution in [-0.2, 0) is 60.0 Å². The van der Waals surface area contributed by atoms with Crippen molar-refractivity contribution in [2.24, 2.45) is 0 Å². The number of hydrogen-bond donors (Lipinski definition) is 0. The molecule has 8 rings (SSSR count). The second-order valence-electron chi connectivity index (χ2n) is 12.9. The van der Waals surface area contributed by atoms with Gasteiger partial charge in [0.25, 0.3) is 0 Å². The van der Waals surface area contributed by atoms with E-state index >= 15 is 0 Å². The molecule has 8 heterocycles. The quantitative estimate of drug-likeness (QED) is 0.0933. The van der Waals surface area contributed by atoms with Crippen LogP contribution in [0.2, 0.25) is 0 Å². The van der Waals surface area contributed by atoms with Gasteiger partial charge in [-0.05, 0) is 97.1 Å². The monoisotopic (exact) mass is 1060 g/mol. The molecule has 8 aromatic heterocycles. The number of aromatic nitrogens is 8. The summed E-state index contributed by atoms with van der Waals surface area (Å²) in [4.78, 5) is 35.2. The van der Waals surface area contributed by atoms with Gasteiger partial charge < -0.3 is 19.7 Å². The van der Waals surface area contributed by atoms with Crippen LogP contribution in [0.25, 0.3) is 45.6 Å². The van der Waals surface area contributed by atoms with Crippen LogP contribution in [0.3, 0.4) is 0 Å². The average molecular weight is 1070 g/mol. The van der Waals surface area contributed by atoms with Crippen molar-refractivity contribution in [1.29, 1.82) is 0 Å². The van der Waals surface area contributed by atoms with Crippen molar-refractivity contribution >= 4 is 0 Å². The summed E-state index contributed by atoms with van der Waals surface area (Å²) in [5.74, 6) is -4.12. The maximum Gasteiger partial charge on any atom is 2.00 e. The third kappa shape index (κ3) is 16.9. The summed E-state index contributed by atoms with van der Waals surface area (Å²) in [6, 6.07) is 43.0. The van der Waals surface area contributed by atoms with Gasteiger partial charge in [0, 0.05) is 39.0 Å². The first-order chi connectivity index (χ1) is 31.4. The SMILES string of the molecule is COC([O-])(c1cccc(-c2ccccn2)n1)c1cccc(-c2ccccn2)n1.COC([O-])(c1cccc(-c2ccccn2)n1)c1cccc(-c2ccccn2)n1.[O-][Cl+3]([O-])([O-])[O-].[O-][Cl+3]([O-])([O-])[O-].[Zn+2].[Zn+2]. The number of methoxy groups -OCH3 is 2.